The number of ether oxygens (including phenoxy) is 1. The van der Waals surface area contributed by atoms with Crippen molar-refractivity contribution >= 4 is 5.91 Å². The van der Waals surface area contributed by atoms with E-state index < -0.39 is 0 Å². The molecule has 0 aliphatic carbocycles. The molecule has 2 N–H and O–H groups in total. The number of likely N-dealkylation sites (tertiary alicyclic amines) is 1. The summed E-state index contributed by atoms with van der Waals surface area (Å²) in [4.78, 5) is 16.0. The first-order chi connectivity index (χ1) is 8.06. The van der Waals surface area contributed by atoms with Crippen LogP contribution in [-0.2, 0) is 9.53 Å². The van der Waals surface area contributed by atoms with Crippen molar-refractivity contribution < 1.29 is 9.53 Å². The lowest BCUT2D eigenvalue weighted by Crippen LogP contribution is -2.36. The minimum atomic E-state index is -0.156. The molecule has 1 heterocycles. The molecule has 0 saturated carbocycles. The summed E-state index contributed by atoms with van der Waals surface area (Å²) in [5, 5.41) is 0. The Hall–Kier alpha value is -0.650. The molecule has 1 aliphatic rings. The fourth-order valence-electron chi connectivity index (χ4n) is 2.28. The quantitative estimate of drug-likeness (QED) is 0.699. The number of nitrogens with zero attached hydrogens (tertiary/aromatic N) is 2. The first-order valence-corrected chi connectivity index (χ1v) is 6.22. The molecule has 2 unspecified atom stereocenters. The number of nitrogens with two attached hydrogens (primary N) is 1. The number of carbonyl (C=O) groups is 1. The Labute approximate surface area is 104 Å². The Morgan fingerprint density at radius 3 is 2.82 bits per heavy atom. The van der Waals surface area contributed by atoms with E-state index in [9.17, 15) is 4.79 Å². The van der Waals surface area contributed by atoms with E-state index in [1.807, 2.05) is 11.9 Å². The summed E-state index contributed by atoms with van der Waals surface area (Å²) in [6, 6.07) is 0. The summed E-state index contributed by atoms with van der Waals surface area (Å²) < 4.78 is 5.13. The molecule has 2 atom stereocenters. The highest BCUT2D eigenvalue weighted by atomic mass is 16.5. The summed E-state index contributed by atoms with van der Waals surface area (Å²) in [5.41, 5.74) is 5.51. The molecule has 5 nitrogen and oxygen atoms in total. The van der Waals surface area contributed by atoms with Crippen LogP contribution in [0.4, 0.5) is 0 Å². The molecular formula is C12H25N3O2. The molecule has 0 spiro atoms. The summed E-state index contributed by atoms with van der Waals surface area (Å²) in [6.07, 6.45) is 1.40. The molecule has 0 aromatic rings. The molecule has 1 saturated heterocycles. The van der Waals surface area contributed by atoms with Gasteiger partial charge in [0.25, 0.3) is 0 Å². The third-order valence-electron chi connectivity index (χ3n) is 3.45. The normalized spacial score (nSPS) is 22.7. The van der Waals surface area contributed by atoms with Gasteiger partial charge in [0.15, 0.2) is 0 Å². The van der Waals surface area contributed by atoms with Crippen molar-refractivity contribution in [2.24, 2.45) is 11.7 Å². The van der Waals surface area contributed by atoms with E-state index in [1.165, 1.54) is 6.42 Å². The van der Waals surface area contributed by atoms with E-state index in [-0.39, 0.29) is 12.0 Å². The van der Waals surface area contributed by atoms with E-state index >= 15 is 0 Å². The largest absolute Gasteiger partial charge is 0.380 e. The Morgan fingerprint density at radius 1 is 1.65 bits per heavy atom. The lowest BCUT2D eigenvalue weighted by molar-refractivity contribution is -0.132. The second-order valence-corrected chi connectivity index (χ2v) is 4.99. The average Bonchev–Trinajstić information content (AvgIpc) is 2.71. The van der Waals surface area contributed by atoms with E-state index in [1.54, 1.807) is 7.11 Å². The lowest BCUT2D eigenvalue weighted by atomic mass is 10.1. The molecule has 5 heteroatoms. The monoisotopic (exact) mass is 243 g/mol. The molecule has 0 aromatic heterocycles. The molecule has 0 aromatic carbocycles. The van der Waals surface area contributed by atoms with Crippen molar-refractivity contribution in [2.45, 2.75) is 18.9 Å². The van der Waals surface area contributed by atoms with E-state index in [0.717, 1.165) is 19.6 Å². The van der Waals surface area contributed by atoms with Gasteiger partial charge in [0.2, 0.25) is 5.91 Å². The predicted molar refractivity (Wildman–Crippen MR) is 67.7 cm³/mol. The minimum absolute atomic E-state index is 0.122. The van der Waals surface area contributed by atoms with Gasteiger partial charge >= 0.3 is 0 Å². The van der Waals surface area contributed by atoms with Gasteiger partial charge in [-0.05, 0) is 25.9 Å². The van der Waals surface area contributed by atoms with Crippen molar-refractivity contribution in [1.82, 2.24) is 9.80 Å². The minimum Gasteiger partial charge on any atom is -0.380 e. The molecule has 17 heavy (non-hydrogen) atoms. The van der Waals surface area contributed by atoms with Gasteiger partial charge in [-0.1, -0.05) is 0 Å². The van der Waals surface area contributed by atoms with Gasteiger partial charge in [0.05, 0.1) is 12.5 Å². The molecule has 0 radical (unpaired) electrons. The van der Waals surface area contributed by atoms with Gasteiger partial charge in [-0.15, -0.1) is 0 Å². The van der Waals surface area contributed by atoms with Crippen molar-refractivity contribution in [3.63, 3.8) is 0 Å². The summed E-state index contributed by atoms with van der Waals surface area (Å²) in [7, 11) is 5.58. The van der Waals surface area contributed by atoms with Gasteiger partial charge in [-0.2, -0.15) is 0 Å². The summed E-state index contributed by atoms with van der Waals surface area (Å²) in [5.74, 6) is 0.727. The SMILES string of the molecule is COC(CN)CC(=O)N(C)CC1CCN(C)C1. The van der Waals surface area contributed by atoms with Crippen LogP contribution in [0.1, 0.15) is 12.8 Å². The number of carbonyl (C=O) groups excluding carboxylic acids is 1. The zero-order valence-electron chi connectivity index (χ0n) is 11.2. The summed E-state index contributed by atoms with van der Waals surface area (Å²) >= 11 is 0. The second kappa shape index (κ2) is 6.93. The maximum Gasteiger partial charge on any atom is 0.224 e. The molecule has 1 rings (SSSR count). The van der Waals surface area contributed by atoms with Gasteiger partial charge in [-0.3, -0.25) is 4.79 Å². The predicted octanol–water partition coefficient (Wildman–Crippen LogP) is -0.240. The number of methoxy groups -OCH3 is 1. The van der Waals surface area contributed by atoms with Crippen LogP contribution in [-0.4, -0.2) is 69.2 Å². The Kier molecular flexibility index (Phi) is 5.88. The van der Waals surface area contributed by atoms with Gasteiger partial charge < -0.3 is 20.3 Å². The lowest BCUT2D eigenvalue weighted by Gasteiger charge is -2.23. The molecular weight excluding hydrogens is 218 g/mol. The maximum atomic E-state index is 11.9. The van der Waals surface area contributed by atoms with Gasteiger partial charge in [0.1, 0.15) is 0 Å². The van der Waals surface area contributed by atoms with Crippen molar-refractivity contribution in [2.75, 3.05) is 47.4 Å². The molecule has 1 fully saturated rings. The number of hydrogen-bond donors (Lipinski definition) is 1. The smallest absolute Gasteiger partial charge is 0.224 e. The number of amides is 1. The van der Waals surface area contributed by atoms with E-state index in [4.69, 9.17) is 10.5 Å². The van der Waals surface area contributed by atoms with Crippen LogP contribution in [0.3, 0.4) is 0 Å². The van der Waals surface area contributed by atoms with Crippen LogP contribution in [0.15, 0.2) is 0 Å². The highest BCUT2D eigenvalue weighted by Gasteiger charge is 2.23. The molecule has 100 valence electrons. The summed E-state index contributed by atoms with van der Waals surface area (Å²) in [6.45, 7) is 3.45. The Balaban J connectivity index is 2.31. The third-order valence-corrected chi connectivity index (χ3v) is 3.45. The zero-order chi connectivity index (χ0) is 12.8. The van der Waals surface area contributed by atoms with Gasteiger partial charge in [0, 0.05) is 33.8 Å². The first-order valence-electron chi connectivity index (χ1n) is 6.22. The van der Waals surface area contributed by atoms with Crippen LogP contribution >= 0.6 is 0 Å². The van der Waals surface area contributed by atoms with Gasteiger partial charge in [-0.25, -0.2) is 0 Å². The van der Waals surface area contributed by atoms with E-state index in [0.29, 0.717) is 18.9 Å². The van der Waals surface area contributed by atoms with Crippen molar-refractivity contribution in [3.8, 4) is 0 Å². The highest BCUT2D eigenvalue weighted by Crippen LogP contribution is 2.15. The standard InChI is InChI=1S/C12H25N3O2/c1-14-5-4-10(8-14)9-15(2)12(16)6-11(7-13)17-3/h10-11H,4-9,13H2,1-3H3. The van der Waals surface area contributed by atoms with Crippen LogP contribution in [0.25, 0.3) is 0 Å². The second-order valence-electron chi connectivity index (χ2n) is 4.99. The zero-order valence-corrected chi connectivity index (χ0v) is 11.2. The van der Waals surface area contributed by atoms with Crippen LogP contribution < -0.4 is 5.73 Å². The molecule has 0 bridgehead atoms. The topological polar surface area (TPSA) is 58.8 Å². The van der Waals surface area contributed by atoms with E-state index in [2.05, 4.69) is 11.9 Å². The van der Waals surface area contributed by atoms with Crippen LogP contribution in [0.2, 0.25) is 0 Å². The Bertz CT molecular complexity index is 244. The highest BCUT2D eigenvalue weighted by molar-refractivity contribution is 5.76. The van der Waals surface area contributed by atoms with Crippen LogP contribution in [0, 0.1) is 5.92 Å². The average molecular weight is 243 g/mol. The van der Waals surface area contributed by atoms with Crippen LogP contribution in [0.5, 0.6) is 0 Å². The number of rotatable bonds is 6. The van der Waals surface area contributed by atoms with Crippen molar-refractivity contribution in [1.29, 1.82) is 0 Å². The number of hydrogen-bond acceptors (Lipinski definition) is 4. The maximum absolute atomic E-state index is 11.9. The Morgan fingerprint density at radius 2 is 2.35 bits per heavy atom. The fourth-order valence-corrected chi connectivity index (χ4v) is 2.28. The fraction of sp³-hybridized carbons (Fsp3) is 0.917. The first kappa shape index (κ1) is 14.4. The third kappa shape index (κ3) is 4.61. The van der Waals surface area contributed by atoms with Crippen molar-refractivity contribution in [3.05, 3.63) is 0 Å². The molecule has 1 aliphatic heterocycles. The molecule has 1 amide bonds.